The number of hydrogen-bond acceptors (Lipinski definition) is 5. The van der Waals surface area contributed by atoms with Crippen molar-refractivity contribution in [3.63, 3.8) is 0 Å². The normalized spacial score (nSPS) is 15.9. The Morgan fingerprint density at radius 1 is 1.18 bits per heavy atom. The standard InChI is InChI=1S/C15H22N2O4S/c1-16(2)22(19,20)12-7-8-14(13(11-12)15(18)21-3)17-9-5-4-6-10-17/h7-8,11H,4-6,9-10H2,1-3H3. The number of ether oxygens (including phenoxy) is 1. The van der Waals surface area contributed by atoms with Crippen molar-refractivity contribution in [3.05, 3.63) is 23.8 Å². The second-order valence-corrected chi connectivity index (χ2v) is 7.66. The number of methoxy groups -OCH3 is 1. The number of nitrogens with zero attached hydrogens (tertiary/aromatic N) is 2. The number of carbonyl (C=O) groups is 1. The summed E-state index contributed by atoms with van der Waals surface area (Å²) in [4.78, 5) is 14.3. The zero-order valence-corrected chi connectivity index (χ0v) is 14.0. The molecular formula is C15H22N2O4S. The van der Waals surface area contributed by atoms with Crippen LogP contribution in [0, 0.1) is 0 Å². The highest BCUT2D eigenvalue weighted by atomic mass is 32.2. The minimum absolute atomic E-state index is 0.0960. The summed E-state index contributed by atoms with van der Waals surface area (Å²) in [7, 11) is 0.647. The molecule has 1 saturated heterocycles. The van der Waals surface area contributed by atoms with E-state index in [4.69, 9.17) is 4.74 Å². The van der Waals surface area contributed by atoms with E-state index >= 15 is 0 Å². The maximum absolute atomic E-state index is 12.2. The molecule has 1 heterocycles. The summed E-state index contributed by atoms with van der Waals surface area (Å²) in [6.45, 7) is 1.73. The van der Waals surface area contributed by atoms with E-state index in [1.165, 1.54) is 33.7 Å². The van der Waals surface area contributed by atoms with Gasteiger partial charge in [0.2, 0.25) is 10.0 Å². The Hall–Kier alpha value is -1.60. The third-order valence-corrected chi connectivity index (χ3v) is 5.66. The van der Waals surface area contributed by atoms with Crippen LogP contribution in [0.3, 0.4) is 0 Å². The average Bonchev–Trinajstić information content (AvgIpc) is 2.54. The van der Waals surface area contributed by atoms with Crippen LogP contribution in [0.15, 0.2) is 23.1 Å². The fourth-order valence-corrected chi connectivity index (χ4v) is 3.50. The van der Waals surface area contributed by atoms with E-state index in [1.54, 1.807) is 12.1 Å². The fourth-order valence-electron chi connectivity index (χ4n) is 2.57. The third-order valence-electron chi connectivity index (χ3n) is 3.85. The Kier molecular flexibility index (Phi) is 5.08. The SMILES string of the molecule is COC(=O)c1cc(S(=O)(=O)N(C)C)ccc1N1CCCCC1. The van der Waals surface area contributed by atoms with Crippen LogP contribution in [0.2, 0.25) is 0 Å². The fraction of sp³-hybridized carbons (Fsp3) is 0.533. The minimum Gasteiger partial charge on any atom is -0.465 e. The van der Waals surface area contributed by atoms with Crippen LogP contribution < -0.4 is 4.90 Å². The van der Waals surface area contributed by atoms with Gasteiger partial charge < -0.3 is 9.64 Å². The van der Waals surface area contributed by atoms with Crippen LogP contribution in [-0.2, 0) is 14.8 Å². The minimum atomic E-state index is -3.58. The molecule has 0 bridgehead atoms. The quantitative estimate of drug-likeness (QED) is 0.788. The van der Waals surface area contributed by atoms with Gasteiger partial charge in [0, 0.05) is 27.2 Å². The summed E-state index contributed by atoms with van der Waals surface area (Å²) < 4.78 is 30.4. The first-order valence-corrected chi connectivity index (χ1v) is 8.72. The molecule has 0 saturated carbocycles. The van der Waals surface area contributed by atoms with Gasteiger partial charge in [-0.3, -0.25) is 0 Å². The highest BCUT2D eigenvalue weighted by Gasteiger charge is 2.24. The van der Waals surface area contributed by atoms with Crippen molar-refractivity contribution < 1.29 is 17.9 Å². The molecule has 1 aromatic rings. The lowest BCUT2D eigenvalue weighted by Gasteiger charge is -2.30. The van der Waals surface area contributed by atoms with Crippen LogP contribution in [0.25, 0.3) is 0 Å². The maximum Gasteiger partial charge on any atom is 0.340 e. The third kappa shape index (κ3) is 3.25. The van der Waals surface area contributed by atoms with Crippen molar-refractivity contribution in [2.45, 2.75) is 24.2 Å². The molecule has 6 nitrogen and oxygen atoms in total. The summed E-state index contributed by atoms with van der Waals surface area (Å²) in [6.07, 6.45) is 3.31. The molecule has 0 amide bonds. The van der Waals surface area contributed by atoms with Crippen molar-refractivity contribution in [1.29, 1.82) is 0 Å². The Bertz CT molecular complexity index is 650. The second kappa shape index (κ2) is 6.66. The van der Waals surface area contributed by atoms with Crippen LogP contribution in [0.4, 0.5) is 5.69 Å². The van der Waals surface area contributed by atoms with Crippen LogP contribution >= 0.6 is 0 Å². The Morgan fingerprint density at radius 2 is 1.82 bits per heavy atom. The first-order chi connectivity index (χ1) is 10.4. The smallest absolute Gasteiger partial charge is 0.340 e. The molecular weight excluding hydrogens is 304 g/mol. The zero-order valence-electron chi connectivity index (χ0n) is 13.2. The van der Waals surface area contributed by atoms with E-state index in [9.17, 15) is 13.2 Å². The lowest BCUT2D eigenvalue weighted by molar-refractivity contribution is 0.0601. The molecule has 2 rings (SSSR count). The summed E-state index contributed by atoms with van der Waals surface area (Å²) in [5, 5.41) is 0. The molecule has 1 aromatic carbocycles. The van der Waals surface area contributed by atoms with Crippen molar-refractivity contribution in [2.24, 2.45) is 0 Å². The maximum atomic E-state index is 12.2. The van der Waals surface area contributed by atoms with Gasteiger partial charge in [0.25, 0.3) is 0 Å². The van der Waals surface area contributed by atoms with Gasteiger partial charge in [0.1, 0.15) is 0 Å². The van der Waals surface area contributed by atoms with Gasteiger partial charge in [0.15, 0.2) is 0 Å². The Morgan fingerprint density at radius 3 is 2.36 bits per heavy atom. The first-order valence-electron chi connectivity index (χ1n) is 7.28. The molecule has 7 heteroatoms. The number of hydrogen-bond donors (Lipinski definition) is 0. The van der Waals surface area contributed by atoms with E-state index in [1.807, 2.05) is 0 Å². The molecule has 0 aromatic heterocycles. The molecule has 0 N–H and O–H groups in total. The summed E-state index contributed by atoms with van der Waals surface area (Å²) >= 11 is 0. The molecule has 0 aliphatic carbocycles. The predicted molar refractivity (Wildman–Crippen MR) is 84.7 cm³/mol. The van der Waals surface area contributed by atoms with Crippen LogP contribution in [-0.4, -0.2) is 53.0 Å². The molecule has 1 fully saturated rings. The van der Waals surface area contributed by atoms with Gasteiger partial charge in [-0.05, 0) is 37.5 Å². The Balaban J connectivity index is 2.49. The molecule has 1 aliphatic heterocycles. The monoisotopic (exact) mass is 326 g/mol. The van der Waals surface area contributed by atoms with Gasteiger partial charge in [0.05, 0.1) is 23.3 Å². The number of sulfonamides is 1. The van der Waals surface area contributed by atoms with Gasteiger partial charge in [-0.2, -0.15) is 0 Å². The van der Waals surface area contributed by atoms with Crippen molar-refractivity contribution >= 4 is 21.7 Å². The highest BCUT2D eigenvalue weighted by Crippen LogP contribution is 2.28. The molecule has 1 aliphatic rings. The lowest BCUT2D eigenvalue weighted by Crippen LogP contribution is -2.31. The second-order valence-electron chi connectivity index (χ2n) is 5.51. The number of piperidine rings is 1. The summed E-state index contributed by atoms with van der Waals surface area (Å²) in [5.41, 5.74) is 1.04. The van der Waals surface area contributed by atoms with E-state index in [-0.39, 0.29) is 4.90 Å². The largest absolute Gasteiger partial charge is 0.465 e. The van der Waals surface area contributed by atoms with E-state index in [0.29, 0.717) is 5.56 Å². The number of carbonyl (C=O) groups excluding carboxylic acids is 1. The predicted octanol–water partition coefficient (Wildman–Crippen LogP) is 1.71. The number of benzene rings is 1. The van der Waals surface area contributed by atoms with Gasteiger partial charge in [-0.1, -0.05) is 0 Å². The van der Waals surface area contributed by atoms with Crippen LogP contribution in [0.1, 0.15) is 29.6 Å². The number of anilines is 1. The first kappa shape index (κ1) is 16.8. The van der Waals surface area contributed by atoms with Gasteiger partial charge >= 0.3 is 5.97 Å². The van der Waals surface area contributed by atoms with Crippen LogP contribution in [0.5, 0.6) is 0 Å². The van der Waals surface area contributed by atoms with E-state index in [2.05, 4.69) is 4.90 Å². The number of rotatable bonds is 4. The van der Waals surface area contributed by atoms with E-state index in [0.717, 1.165) is 35.9 Å². The number of esters is 1. The van der Waals surface area contributed by atoms with E-state index < -0.39 is 16.0 Å². The highest BCUT2D eigenvalue weighted by molar-refractivity contribution is 7.89. The molecule has 122 valence electrons. The summed E-state index contributed by atoms with van der Waals surface area (Å²) in [6, 6.07) is 4.66. The average molecular weight is 326 g/mol. The van der Waals surface area contributed by atoms with Crippen molar-refractivity contribution in [2.75, 3.05) is 39.2 Å². The lowest BCUT2D eigenvalue weighted by atomic mass is 10.1. The van der Waals surface area contributed by atoms with Gasteiger partial charge in [-0.25, -0.2) is 17.5 Å². The molecule has 0 spiro atoms. The molecule has 22 heavy (non-hydrogen) atoms. The summed E-state index contributed by atoms with van der Waals surface area (Å²) in [5.74, 6) is -0.517. The van der Waals surface area contributed by atoms with Crippen molar-refractivity contribution in [3.8, 4) is 0 Å². The topological polar surface area (TPSA) is 66.9 Å². The molecule has 0 unspecified atom stereocenters. The van der Waals surface area contributed by atoms with Crippen molar-refractivity contribution in [1.82, 2.24) is 4.31 Å². The Labute approximate surface area is 131 Å². The van der Waals surface area contributed by atoms with Gasteiger partial charge in [-0.15, -0.1) is 0 Å². The zero-order chi connectivity index (χ0) is 16.3. The molecule has 0 atom stereocenters. The molecule has 0 radical (unpaired) electrons.